The summed E-state index contributed by atoms with van der Waals surface area (Å²) in [6, 6.07) is 3.25. The molecule has 0 heterocycles. The van der Waals surface area contributed by atoms with Crippen molar-refractivity contribution in [2.24, 2.45) is 0 Å². The summed E-state index contributed by atoms with van der Waals surface area (Å²) in [6.07, 6.45) is 0.162. The van der Waals surface area contributed by atoms with Gasteiger partial charge in [0.15, 0.2) is 17.3 Å². The second-order valence-corrected chi connectivity index (χ2v) is 4.32. The first kappa shape index (κ1) is 16.6. The Morgan fingerprint density at radius 3 is 2.19 bits per heavy atom. The van der Waals surface area contributed by atoms with Crippen LogP contribution in [0.1, 0.15) is 12.5 Å². The van der Waals surface area contributed by atoms with E-state index in [0.29, 0.717) is 22.7 Å². The molecule has 0 atom stereocenters. The minimum atomic E-state index is -0.491. The molecule has 0 aliphatic carbocycles. The molecule has 114 valence electrons. The summed E-state index contributed by atoms with van der Waals surface area (Å²) < 4.78 is 15.2. The fourth-order valence-electron chi connectivity index (χ4n) is 1.74. The van der Waals surface area contributed by atoms with Crippen LogP contribution in [0, 0.1) is 0 Å². The quantitative estimate of drug-likeness (QED) is 0.614. The number of amides is 1. The minimum Gasteiger partial charge on any atom is -0.493 e. The molecule has 0 bridgehead atoms. The van der Waals surface area contributed by atoms with Crippen molar-refractivity contribution in [1.82, 2.24) is 0 Å². The zero-order chi connectivity index (χ0) is 16.0. The first-order valence-corrected chi connectivity index (χ1v) is 6.21. The maximum atomic E-state index is 11.8. The maximum Gasteiger partial charge on any atom is 0.290 e. The van der Waals surface area contributed by atoms with E-state index in [0.717, 1.165) is 0 Å². The van der Waals surface area contributed by atoms with Crippen molar-refractivity contribution in [1.29, 1.82) is 0 Å². The van der Waals surface area contributed by atoms with Gasteiger partial charge < -0.3 is 19.5 Å². The lowest BCUT2D eigenvalue weighted by molar-refractivity contribution is -0.117. The number of nitrogens with one attached hydrogen (secondary N) is 1. The number of ketones is 1. The van der Waals surface area contributed by atoms with Crippen molar-refractivity contribution in [3.05, 3.63) is 30.0 Å². The molecule has 0 fully saturated rings. The van der Waals surface area contributed by atoms with Gasteiger partial charge in [0.05, 0.1) is 21.3 Å². The van der Waals surface area contributed by atoms with E-state index in [4.69, 9.17) is 14.2 Å². The fraction of sp³-hybridized carbons (Fsp3) is 0.333. The van der Waals surface area contributed by atoms with Crippen LogP contribution in [0.25, 0.3) is 0 Å². The molecule has 0 aromatic heterocycles. The molecule has 21 heavy (non-hydrogen) atoms. The van der Waals surface area contributed by atoms with Crippen LogP contribution < -0.4 is 14.8 Å². The highest BCUT2D eigenvalue weighted by Crippen LogP contribution is 2.33. The Labute approximate surface area is 123 Å². The SMILES string of the molecule is C=C(OC)C(=O)Nc1cc(OC)c(OC)cc1CC(C)=O. The van der Waals surface area contributed by atoms with Crippen LogP contribution in [-0.4, -0.2) is 33.0 Å². The smallest absolute Gasteiger partial charge is 0.290 e. The van der Waals surface area contributed by atoms with Gasteiger partial charge in [0, 0.05) is 18.2 Å². The maximum absolute atomic E-state index is 11.8. The molecule has 0 spiro atoms. The number of hydrogen-bond donors (Lipinski definition) is 1. The molecule has 0 unspecified atom stereocenters. The average Bonchev–Trinajstić information content (AvgIpc) is 2.46. The van der Waals surface area contributed by atoms with E-state index in [2.05, 4.69) is 11.9 Å². The summed E-state index contributed by atoms with van der Waals surface area (Å²) in [5.74, 6) is 0.372. The summed E-state index contributed by atoms with van der Waals surface area (Å²) in [7, 11) is 4.34. The summed E-state index contributed by atoms with van der Waals surface area (Å²) in [6.45, 7) is 4.95. The molecule has 1 N–H and O–H groups in total. The Morgan fingerprint density at radius 2 is 1.71 bits per heavy atom. The minimum absolute atomic E-state index is 0.0291. The Balaban J connectivity index is 3.22. The molecule has 0 aliphatic rings. The number of carbonyl (C=O) groups is 2. The van der Waals surface area contributed by atoms with Crippen molar-refractivity contribution in [2.75, 3.05) is 26.6 Å². The van der Waals surface area contributed by atoms with Gasteiger partial charge in [0.2, 0.25) is 0 Å². The number of hydrogen-bond acceptors (Lipinski definition) is 5. The fourth-order valence-corrected chi connectivity index (χ4v) is 1.74. The zero-order valence-electron chi connectivity index (χ0n) is 12.6. The summed E-state index contributed by atoms with van der Waals surface area (Å²) in [5, 5.41) is 2.64. The Kier molecular flexibility index (Phi) is 5.78. The molecule has 0 aliphatic heterocycles. The van der Waals surface area contributed by atoms with Crippen molar-refractivity contribution in [2.45, 2.75) is 13.3 Å². The van der Waals surface area contributed by atoms with Crippen LogP contribution in [0.5, 0.6) is 11.5 Å². The van der Waals surface area contributed by atoms with Gasteiger partial charge in [0.25, 0.3) is 5.91 Å². The lowest BCUT2D eigenvalue weighted by Crippen LogP contribution is -2.16. The number of benzene rings is 1. The Hall–Kier alpha value is -2.50. The number of carbonyl (C=O) groups excluding carboxylic acids is 2. The van der Waals surface area contributed by atoms with Gasteiger partial charge in [-0.1, -0.05) is 6.58 Å². The van der Waals surface area contributed by atoms with E-state index in [1.807, 2.05) is 0 Å². The topological polar surface area (TPSA) is 73.9 Å². The number of ether oxygens (including phenoxy) is 3. The van der Waals surface area contributed by atoms with Gasteiger partial charge in [-0.2, -0.15) is 0 Å². The monoisotopic (exact) mass is 293 g/mol. The van der Waals surface area contributed by atoms with E-state index in [-0.39, 0.29) is 18.0 Å². The lowest BCUT2D eigenvalue weighted by Gasteiger charge is -2.15. The van der Waals surface area contributed by atoms with Gasteiger partial charge in [-0.05, 0) is 18.6 Å². The molecule has 1 amide bonds. The predicted molar refractivity (Wildman–Crippen MR) is 78.7 cm³/mol. The van der Waals surface area contributed by atoms with E-state index in [1.165, 1.54) is 28.3 Å². The summed E-state index contributed by atoms with van der Waals surface area (Å²) in [4.78, 5) is 23.2. The van der Waals surface area contributed by atoms with Gasteiger partial charge in [-0.25, -0.2) is 0 Å². The highest BCUT2D eigenvalue weighted by Gasteiger charge is 2.16. The van der Waals surface area contributed by atoms with E-state index >= 15 is 0 Å². The second kappa shape index (κ2) is 7.33. The lowest BCUT2D eigenvalue weighted by atomic mass is 10.1. The van der Waals surface area contributed by atoms with E-state index in [9.17, 15) is 9.59 Å². The zero-order valence-corrected chi connectivity index (χ0v) is 12.6. The Bertz CT molecular complexity index is 565. The summed E-state index contributed by atoms with van der Waals surface area (Å²) >= 11 is 0. The highest BCUT2D eigenvalue weighted by atomic mass is 16.5. The van der Waals surface area contributed by atoms with Gasteiger partial charge in [0.1, 0.15) is 5.78 Å². The first-order valence-electron chi connectivity index (χ1n) is 6.21. The van der Waals surface area contributed by atoms with Crippen LogP contribution in [0.4, 0.5) is 5.69 Å². The molecule has 6 nitrogen and oxygen atoms in total. The number of methoxy groups -OCH3 is 3. The van der Waals surface area contributed by atoms with Crippen LogP contribution in [0.15, 0.2) is 24.5 Å². The van der Waals surface area contributed by atoms with Crippen molar-refractivity contribution >= 4 is 17.4 Å². The number of rotatable bonds is 7. The molecule has 0 radical (unpaired) electrons. The number of anilines is 1. The molecule has 6 heteroatoms. The Morgan fingerprint density at radius 1 is 1.14 bits per heavy atom. The standard InChI is InChI=1S/C15H19NO5/c1-9(17)6-11-7-13(20-4)14(21-5)8-12(11)16-15(18)10(2)19-3/h7-8H,2,6H2,1,3-5H3,(H,16,18). The van der Waals surface area contributed by atoms with E-state index in [1.54, 1.807) is 12.1 Å². The largest absolute Gasteiger partial charge is 0.493 e. The molecule has 1 rings (SSSR count). The summed E-state index contributed by atoms with van der Waals surface area (Å²) in [5.41, 5.74) is 1.07. The van der Waals surface area contributed by atoms with E-state index < -0.39 is 5.91 Å². The van der Waals surface area contributed by atoms with Crippen LogP contribution in [0.3, 0.4) is 0 Å². The normalized spacial score (nSPS) is 9.71. The highest BCUT2D eigenvalue weighted by molar-refractivity contribution is 6.02. The average molecular weight is 293 g/mol. The van der Waals surface area contributed by atoms with Gasteiger partial charge >= 0.3 is 0 Å². The molecular formula is C15H19NO5. The second-order valence-electron chi connectivity index (χ2n) is 4.32. The molecule has 1 aromatic carbocycles. The molecular weight excluding hydrogens is 274 g/mol. The first-order chi connectivity index (χ1) is 9.92. The third kappa shape index (κ3) is 4.24. The van der Waals surface area contributed by atoms with Crippen molar-refractivity contribution < 1.29 is 23.8 Å². The third-order valence-electron chi connectivity index (χ3n) is 2.80. The molecule has 0 saturated heterocycles. The molecule has 0 saturated carbocycles. The third-order valence-corrected chi connectivity index (χ3v) is 2.80. The van der Waals surface area contributed by atoms with Crippen molar-refractivity contribution in [3.8, 4) is 11.5 Å². The van der Waals surface area contributed by atoms with Crippen molar-refractivity contribution in [3.63, 3.8) is 0 Å². The van der Waals surface area contributed by atoms with Gasteiger partial charge in [-0.3, -0.25) is 9.59 Å². The predicted octanol–water partition coefficient (Wildman–Crippen LogP) is 1.93. The van der Waals surface area contributed by atoms with Crippen LogP contribution >= 0.6 is 0 Å². The van der Waals surface area contributed by atoms with Crippen LogP contribution in [-0.2, 0) is 20.7 Å². The number of Topliss-reactive ketones (excluding diaryl/α,β-unsaturated/α-hetero) is 1. The molecule has 1 aromatic rings. The van der Waals surface area contributed by atoms with Gasteiger partial charge in [-0.15, -0.1) is 0 Å². The van der Waals surface area contributed by atoms with Crippen LogP contribution in [0.2, 0.25) is 0 Å².